The van der Waals surface area contributed by atoms with Crippen molar-refractivity contribution in [2.75, 3.05) is 26.4 Å². The molecule has 5 aliphatic rings. The fraction of sp³-hybridized carbons (Fsp3) is 0.789. The Morgan fingerprint density at radius 3 is 2.38 bits per heavy atom. The Hall–Kier alpha value is -1.44. The van der Waals surface area contributed by atoms with Gasteiger partial charge in [0.25, 0.3) is 5.97 Å². The number of rotatable bonds is 1. The molecular formula is C19H27NO6. The van der Waals surface area contributed by atoms with E-state index >= 15 is 0 Å². The van der Waals surface area contributed by atoms with E-state index in [1.807, 2.05) is 26.8 Å². The first-order valence-corrected chi connectivity index (χ1v) is 9.23. The van der Waals surface area contributed by atoms with Crippen LogP contribution >= 0.6 is 0 Å². The van der Waals surface area contributed by atoms with E-state index in [4.69, 9.17) is 18.9 Å². The molecule has 2 bridgehead atoms. The number of hydrogen-bond acceptors (Lipinski definition) is 6. The van der Waals surface area contributed by atoms with Crippen LogP contribution in [-0.4, -0.2) is 54.7 Å². The number of fused-ring (bicyclic) bond motifs is 4. The zero-order valence-electron chi connectivity index (χ0n) is 15.9. The second-order valence-electron chi connectivity index (χ2n) is 9.21. The molecule has 0 N–H and O–H groups in total. The van der Waals surface area contributed by atoms with Gasteiger partial charge in [0.1, 0.15) is 16.8 Å². The number of carbonyl (C=O) groups is 2. The number of nitrogens with zero attached hydrogens (tertiary/aromatic N) is 1. The van der Waals surface area contributed by atoms with Gasteiger partial charge in [0, 0.05) is 30.5 Å². The van der Waals surface area contributed by atoms with Gasteiger partial charge in [0.2, 0.25) is 0 Å². The van der Waals surface area contributed by atoms with Crippen molar-refractivity contribution in [2.24, 2.45) is 10.8 Å². The summed E-state index contributed by atoms with van der Waals surface area (Å²) in [4.78, 5) is 26.7. The molecule has 4 saturated heterocycles. The SMILES string of the molecule is CC12COC(C34CCN(C(=O)OC(C)(C)C)C3=CCC(=O)C4)(OC1)OC2. The third-order valence-electron chi connectivity index (χ3n) is 5.60. The first kappa shape index (κ1) is 17.9. The molecule has 7 nitrogen and oxygen atoms in total. The molecule has 5 rings (SSSR count). The minimum atomic E-state index is -1.30. The maximum Gasteiger partial charge on any atom is 0.414 e. The number of ketones is 1. The van der Waals surface area contributed by atoms with Crippen LogP contribution in [0, 0.1) is 10.8 Å². The molecule has 26 heavy (non-hydrogen) atoms. The third kappa shape index (κ3) is 2.60. The van der Waals surface area contributed by atoms with E-state index in [9.17, 15) is 9.59 Å². The lowest BCUT2D eigenvalue weighted by molar-refractivity contribution is -0.497. The average Bonchev–Trinajstić information content (AvgIpc) is 2.94. The molecule has 0 aromatic carbocycles. The fourth-order valence-corrected chi connectivity index (χ4v) is 4.31. The number of amides is 1. The highest BCUT2D eigenvalue weighted by Gasteiger charge is 2.68. The zero-order chi connectivity index (χ0) is 18.8. The van der Waals surface area contributed by atoms with Crippen LogP contribution in [-0.2, 0) is 23.7 Å². The molecule has 4 fully saturated rings. The average molecular weight is 365 g/mol. The van der Waals surface area contributed by atoms with E-state index in [0.29, 0.717) is 39.2 Å². The maximum atomic E-state index is 12.7. The Bertz CT molecular complexity index is 653. The minimum absolute atomic E-state index is 0.101. The number of allylic oxidation sites excluding steroid dienone is 1. The van der Waals surface area contributed by atoms with Gasteiger partial charge in [-0.2, -0.15) is 0 Å². The van der Waals surface area contributed by atoms with Crippen molar-refractivity contribution in [2.45, 2.75) is 58.5 Å². The number of hydrogen-bond donors (Lipinski definition) is 0. The molecule has 0 saturated carbocycles. The summed E-state index contributed by atoms with van der Waals surface area (Å²) in [5, 5.41) is 0. The predicted molar refractivity (Wildman–Crippen MR) is 91.0 cm³/mol. The Labute approximate surface area is 153 Å². The van der Waals surface area contributed by atoms with Crippen molar-refractivity contribution in [3.63, 3.8) is 0 Å². The molecular weight excluding hydrogens is 338 g/mol. The fourth-order valence-electron chi connectivity index (χ4n) is 4.31. The quantitative estimate of drug-likeness (QED) is 0.711. The van der Waals surface area contributed by atoms with E-state index in [0.717, 1.165) is 5.70 Å². The first-order chi connectivity index (χ1) is 12.1. The summed E-state index contributed by atoms with van der Waals surface area (Å²) in [6, 6.07) is 0. The van der Waals surface area contributed by atoms with Gasteiger partial charge in [-0.15, -0.1) is 0 Å². The molecule has 1 unspecified atom stereocenters. The van der Waals surface area contributed by atoms with Gasteiger partial charge in [0.15, 0.2) is 0 Å². The van der Waals surface area contributed by atoms with Gasteiger partial charge in [-0.3, -0.25) is 9.69 Å². The largest absolute Gasteiger partial charge is 0.443 e. The second kappa shape index (κ2) is 5.53. The topological polar surface area (TPSA) is 74.3 Å². The maximum absolute atomic E-state index is 12.7. The van der Waals surface area contributed by atoms with Crippen molar-refractivity contribution < 1.29 is 28.5 Å². The summed E-state index contributed by atoms with van der Waals surface area (Å²) >= 11 is 0. The van der Waals surface area contributed by atoms with E-state index in [1.165, 1.54) is 0 Å². The van der Waals surface area contributed by atoms with Gasteiger partial charge < -0.3 is 18.9 Å². The number of ether oxygens (including phenoxy) is 4. The van der Waals surface area contributed by atoms with Gasteiger partial charge in [0.05, 0.1) is 19.8 Å². The molecule has 0 aromatic heterocycles. The summed E-state index contributed by atoms with van der Waals surface area (Å²) in [5.74, 6) is -1.20. The van der Waals surface area contributed by atoms with Crippen LogP contribution in [0.4, 0.5) is 4.79 Å². The molecule has 1 aliphatic carbocycles. The van der Waals surface area contributed by atoms with Crippen LogP contribution in [0.1, 0.15) is 47.0 Å². The standard InChI is InChI=1S/C19H27NO6/c1-16(2,3)26-15(22)20-8-7-18(9-13(21)5-6-14(18)20)19-23-10-17(4,11-24-19)12-25-19/h6H,5,7-12H2,1-4H3. The molecule has 1 amide bonds. The summed E-state index contributed by atoms with van der Waals surface area (Å²) < 4.78 is 23.8. The van der Waals surface area contributed by atoms with Gasteiger partial charge >= 0.3 is 6.09 Å². The van der Waals surface area contributed by atoms with Crippen molar-refractivity contribution in [3.8, 4) is 0 Å². The zero-order valence-corrected chi connectivity index (χ0v) is 15.9. The minimum Gasteiger partial charge on any atom is -0.443 e. The molecule has 4 heterocycles. The van der Waals surface area contributed by atoms with Crippen molar-refractivity contribution in [1.29, 1.82) is 0 Å². The van der Waals surface area contributed by atoms with Crippen molar-refractivity contribution in [3.05, 3.63) is 11.8 Å². The van der Waals surface area contributed by atoms with E-state index in [2.05, 4.69) is 6.92 Å². The lowest BCUT2D eigenvalue weighted by atomic mass is 9.71. The lowest BCUT2D eigenvalue weighted by Crippen LogP contribution is -2.67. The summed E-state index contributed by atoms with van der Waals surface area (Å²) in [5.41, 5.74) is -0.824. The Morgan fingerprint density at radius 2 is 1.81 bits per heavy atom. The van der Waals surface area contributed by atoms with Crippen LogP contribution in [0.3, 0.4) is 0 Å². The number of likely N-dealkylation sites (tertiary alicyclic amines) is 1. The van der Waals surface area contributed by atoms with E-state index < -0.39 is 23.1 Å². The van der Waals surface area contributed by atoms with Crippen molar-refractivity contribution in [1.82, 2.24) is 4.90 Å². The summed E-state index contributed by atoms with van der Waals surface area (Å²) in [6.07, 6.45) is 2.49. The Kier molecular flexibility index (Phi) is 3.82. The molecule has 144 valence electrons. The predicted octanol–water partition coefficient (Wildman–Crippen LogP) is 2.60. The highest BCUT2D eigenvalue weighted by Crippen LogP contribution is 2.59. The van der Waals surface area contributed by atoms with Gasteiger partial charge in [-0.05, 0) is 27.2 Å². The van der Waals surface area contributed by atoms with E-state index in [-0.39, 0.29) is 17.6 Å². The van der Waals surface area contributed by atoms with Crippen LogP contribution in [0.5, 0.6) is 0 Å². The van der Waals surface area contributed by atoms with Crippen molar-refractivity contribution >= 4 is 11.9 Å². The third-order valence-corrected chi connectivity index (χ3v) is 5.60. The van der Waals surface area contributed by atoms with Crippen LogP contribution in [0.25, 0.3) is 0 Å². The summed E-state index contributed by atoms with van der Waals surface area (Å²) in [6.45, 7) is 9.56. The van der Waals surface area contributed by atoms with Crippen LogP contribution in [0.15, 0.2) is 11.8 Å². The second-order valence-corrected chi connectivity index (χ2v) is 9.21. The van der Waals surface area contributed by atoms with E-state index in [1.54, 1.807) is 4.90 Å². The lowest BCUT2D eigenvalue weighted by Gasteiger charge is -2.57. The molecule has 7 heteroatoms. The highest BCUT2D eigenvalue weighted by molar-refractivity contribution is 5.84. The Morgan fingerprint density at radius 1 is 1.19 bits per heavy atom. The first-order valence-electron chi connectivity index (χ1n) is 9.23. The normalized spacial score (nSPS) is 39.6. The monoisotopic (exact) mass is 365 g/mol. The number of carbonyl (C=O) groups excluding carboxylic acids is 2. The number of Topliss-reactive ketones (excluding diaryl/α,β-unsaturated/α-hetero) is 1. The van der Waals surface area contributed by atoms with Gasteiger partial charge in [-0.1, -0.05) is 13.0 Å². The summed E-state index contributed by atoms with van der Waals surface area (Å²) in [7, 11) is 0. The molecule has 0 spiro atoms. The molecule has 0 aromatic rings. The van der Waals surface area contributed by atoms with Crippen LogP contribution < -0.4 is 0 Å². The molecule has 1 atom stereocenters. The molecule has 4 aliphatic heterocycles. The molecule has 0 radical (unpaired) electrons. The van der Waals surface area contributed by atoms with Gasteiger partial charge in [-0.25, -0.2) is 4.79 Å². The smallest absolute Gasteiger partial charge is 0.414 e. The highest BCUT2D eigenvalue weighted by atomic mass is 16.9. The Balaban J connectivity index is 1.68. The van der Waals surface area contributed by atoms with Crippen LogP contribution in [0.2, 0.25) is 0 Å².